The van der Waals surface area contributed by atoms with Gasteiger partial charge in [0, 0.05) is 6.42 Å². The van der Waals surface area contributed by atoms with Gasteiger partial charge >= 0.3 is 5.63 Å². The first-order valence-electron chi connectivity index (χ1n) is 4.41. The molecule has 0 aromatic carbocycles. The third-order valence-corrected chi connectivity index (χ3v) is 1.78. The second-order valence-electron chi connectivity index (χ2n) is 2.90. The van der Waals surface area contributed by atoms with Crippen molar-refractivity contribution in [2.75, 3.05) is 0 Å². The van der Waals surface area contributed by atoms with Crippen LogP contribution in [0.2, 0.25) is 0 Å². The van der Waals surface area contributed by atoms with Crippen LogP contribution in [0.4, 0.5) is 0 Å². The molecule has 0 aliphatic rings. The van der Waals surface area contributed by atoms with Gasteiger partial charge in [-0.25, -0.2) is 4.79 Å². The topological polar surface area (TPSA) is 49.9 Å². The Hall–Kier alpha value is -1.06. The highest BCUT2D eigenvalue weighted by molar-refractivity contribution is 4.48. The summed E-state index contributed by atoms with van der Waals surface area (Å²) in [6, 6.07) is 0. The smallest absolute Gasteiger partial charge is 0.284 e. The summed E-state index contributed by atoms with van der Waals surface area (Å²) in [5.41, 5.74) is -0.314. The molecule has 0 radical (unpaired) electrons. The Labute approximate surface area is 71.1 Å². The predicted octanol–water partition coefficient (Wildman–Crippen LogP) is 0.836. The molecular weight excluding hydrogens is 156 g/mol. The Morgan fingerprint density at radius 1 is 1.50 bits per heavy atom. The van der Waals surface area contributed by atoms with Gasteiger partial charge < -0.3 is 0 Å². The number of H-pyrrole nitrogens is 1. The molecule has 0 atom stereocenters. The molecular formula is C8H15N2O2+. The normalized spacial score (nSPS) is 10.4. The van der Waals surface area contributed by atoms with E-state index in [1.807, 2.05) is 0 Å². The Kier molecular flexibility index (Phi) is 3.57. The second-order valence-corrected chi connectivity index (χ2v) is 2.90. The molecule has 12 heavy (non-hydrogen) atoms. The van der Waals surface area contributed by atoms with Gasteiger partial charge in [-0.1, -0.05) is 24.4 Å². The second kappa shape index (κ2) is 4.74. The molecule has 1 N–H and O–H groups in total. The van der Waals surface area contributed by atoms with Crippen LogP contribution in [0.25, 0.3) is 0 Å². The van der Waals surface area contributed by atoms with E-state index in [1.54, 1.807) is 4.68 Å². The van der Waals surface area contributed by atoms with E-state index in [0.717, 1.165) is 13.0 Å². The Bertz CT molecular complexity index is 264. The molecule has 1 rings (SSSR count). The molecule has 0 bridgehead atoms. The van der Waals surface area contributed by atoms with Gasteiger partial charge in [0.1, 0.15) is 0 Å². The molecule has 1 aromatic rings. The van der Waals surface area contributed by atoms with E-state index in [1.165, 1.54) is 25.5 Å². The van der Waals surface area contributed by atoms with E-state index >= 15 is 0 Å². The molecule has 0 aliphatic carbocycles. The van der Waals surface area contributed by atoms with Crippen LogP contribution in [0, 0.1) is 0 Å². The third-order valence-electron chi connectivity index (χ3n) is 1.78. The summed E-state index contributed by atoms with van der Waals surface area (Å²) >= 11 is 0. The number of aromatic amines is 1. The minimum atomic E-state index is -0.314. The zero-order valence-electron chi connectivity index (χ0n) is 7.38. The van der Waals surface area contributed by atoms with Crippen molar-refractivity contribution in [3.8, 4) is 0 Å². The summed E-state index contributed by atoms with van der Waals surface area (Å²) in [5.74, 6) is 0. The average Bonchev–Trinajstić information content (AvgIpc) is 2.45. The SMILES string of the molecule is CCCCCC[n+]1cc(=O)o[nH]1. The summed E-state index contributed by atoms with van der Waals surface area (Å²) in [6.45, 7) is 3.01. The molecule has 0 saturated heterocycles. The zero-order chi connectivity index (χ0) is 8.81. The van der Waals surface area contributed by atoms with Crippen LogP contribution < -0.4 is 10.3 Å². The minimum absolute atomic E-state index is 0.314. The quantitative estimate of drug-likeness (QED) is 0.527. The van der Waals surface area contributed by atoms with E-state index in [4.69, 9.17) is 0 Å². The van der Waals surface area contributed by atoms with E-state index in [2.05, 4.69) is 16.7 Å². The Morgan fingerprint density at radius 2 is 2.33 bits per heavy atom. The van der Waals surface area contributed by atoms with Crippen molar-refractivity contribution in [1.82, 2.24) is 5.27 Å². The maximum Gasteiger partial charge on any atom is 0.426 e. The van der Waals surface area contributed by atoms with Crippen LogP contribution in [0.3, 0.4) is 0 Å². The number of hydrogen-bond acceptors (Lipinski definition) is 2. The van der Waals surface area contributed by atoms with Gasteiger partial charge in [-0.2, -0.15) is 0 Å². The van der Waals surface area contributed by atoms with Crippen LogP contribution in [0.15, 0.2) is 15.5 Å². The first-order valence-corrected chi connectivity index (χ1v) is 4.41. The van der Waals surface area contributed by atoms with Gasteiger partial charge in [-0.05, 0) is 11.7 Å². The van der Waals surface area contributed by atoms with Crippen molar-refractivity contribution in [2.45, 2.75) is 39.2 Å². The Balaban J connectivity index is 2.20. The van der Waals surface area contributed by atoms with Gasteiger partial charge in [0.2, 0.25) is 0 Å². The summed E-state index contributed by atoms with van der Waals surface area (Å²) < 4.78 is 6.18. The molecule has 0 fully saturated rings. The van der Waals surface area contributed by atoms with Gasteiger partial charge in [-0.15, -0.1) is 0 Å². The average molecular weight is 171 g/mol. The highest BCUT2D eigenvalue weighted by atomic mass is 16.5. The van der Waals surface area contributed by atoms with Crippen molar-refractivity contribution >= 4 is 0 Å². The zero-order valence-corrected chi connectivity index (χ0v) is 7.38. The fraction of sp³-hybridized carbons (Fsp3) is 0.750. The minimum Gasteiger partial charge on any atom is -0.284 e. The summed E-state index contributed by atoms with van der Waals surface area (Å²) in [7, 11) is 0. The van der Waals surface area contributed by atoms with E-state index in [9.17, 15) is 4.79 Å². The maximum absolute atomic E-state index is 10.6. The number of rotatable bonds is 5. The van der Waals surface area contributed by atoms with Crippen molar-refractivity contribution in [1.29, 1.82) is 0 Å². The molecule has 4 nitrogen and oxygen atoms in total. The number of aromatic nitrogens is 2. The van der Waals surface area contributed by atoms with Gasteiger partial charge in [-0.3, -0.25) is 4.52 Å². The number of hydrogen-bond donors (Lipinski definition) is 1. The van der Waals surface area contributed by atoms with Gasteiger partial charge in [0.05, 0.1) is 0 Å². The molecule has 0 saturated carbocycles. The lowest BCUT2D eigenvalue weighted by Crippen LogP contribution is -2.35. The number of nitrogens with one attached hydrogen (secondary N) is 1. The summed E-state index contributed by atoms with van der Waals surface area (Å²) in [6.07, 6.45) is 6.21. The molecule has 0 aliphatic heterocycles. The molecule has 68 valence electrons. The van der Waals surface area contributed by atoms with Crippen LogP contribution >= 0.6 is 0 Å². The highest BCUT2D eigenvalue weighted by Gasteiger charge is 2.03. The largest absolute Gasteiger partial charge is 0.426 e. The highest BCUT2D eigenvalue weighted by Crippen LogP contribution is 1.97. The molecule has 1 aromatic heterocycles. The van der Waals surface area contributed by atoms with E-state index in [-0.39, 0.29) is 5.63 Å². The lowest BCUT2D eigenvalue weighted by Gasteiger charge is -1.91. The number of nitrogens with zero attached hydrogens (tertiary/aromatic N) is 1. The maximum atomic E-state index is 10.6. The lowest BCUT2D eigenvalue weighted by atomic mass is 10.2. The standard InChI is InChI=1S/C8H14N2O2/c1-2-3-4-5-6-10-7-8(11)12-9-10/h7H,2-6H2,1H3/p+1. The fourth-order valence-corrected chi connectivity index (χ4v) is 1.10. The first kappa shape index (κ1) is 9.03. The molecule has 0 unspecified atom stereocenters. The van der Waals surface area contributed by atoms with Crippen molar-refractivity contribution < 1.29 is 9.20 Å². The van der Waals surface area contributed by atoms with Crippen LogP contribution in [0.5, 0.6) is 0 Å². The van der Waals surface area contributed by atoms with Crippen molar-refractivity contribution in [3.05, 3.63) is 16.6 Å². The third kappa shape index (κ3) is 2.90. The van der Waals surface area contributed by atoms with Crippen molar-refractivity contribution in [3.63, 3.8) is 0 Å². The lowest BCUT2D eigenvalue weighted by molar-refractivity contribution is -0.762. The summed E-state index contributed by atoms with van der Waals surface area (Å²) in [5, 5.41) is 2.51. The van der Waals surface area contributed by atoms with Crippen LogP contribution in [0.1, 0.15) is 32.6 Å². The Morgan fingerprint density at radius 3 is 2.92 bits per heavy atom. The van der Waals surface area contributed by atoms with Crippen LogP contribution in [-0.4, -0.2) is 5.27 Å². The molecule has 1 heterocycles. The monoisotopic (exact) mass is 171 g/mol. The fourth-order valence-electron chi connectivity index (χ4n) is 1.10. The molecule has 0 spiro atoms. The molecule has 4 heteroatoms. The first-order chi connectivity index (χ1) is 5.83. The van der Waals surface area contributed by atoms with E-state index < -0.39 is 0 Å². The van der Waals surface area contributed by atoms with Gasteiger partial charge in [0.15, 0.2) is 6.54 Å². The van der Waals surface area contributed by atoms with Crippen LogP contribution in [-0.2, 0) is 6.54 Å². The van der Waals surface area contributed by atoms with E-state index in [0.29, 0.717) is 0 Å². The number of aryl methyl sites for hydroxylation is 1. The van der Waals surface area contributed by atoms with Gasteiger partial charge in [0.25, 0.3) is 6.20 Å². The number of unbranched alkanes of at least 4 members (excludes halogenated alkanes) is 3. The van der Waals surface area contributed by atoms with Crippen molar-refractivity contribution in [2.24, 2.45) is 0 Å². The molecule has 0 amide bonds. The summed E-state index contributed by atoms with van der Waals surface area (Å²) in [4.78, 5) is 10.6. The predicted molar refractivity (Wildman–Crippen MR) is 43.7 cm³/mol.